The molecule has 1 unspecified atom stereocenters. The van der Waals surface area contributed by atoms with Gasteiger partial charge in [-0.2, -0.15) is 13.2 Å². The lowest BCUT2D eigenvalue weighted by Gasteiger charge is -2.11. The van der Waals surface area contributed by atoms with E-state index in [2.05, 4.69) is 20.1 Å². The number of carbonyl (C=O) groups excluding carboxylic acids is 1. The van der Waals surface area contributed by atoms with Gasteiger partial charge in [-0.25, -0.2) is 4.79 Å². The van der Waals surface area contributed by atoms with Crippen molar-refractivity contribution in [3.63, 3.8) is 0 Å². The van der Waals surface area contributed by atoms with E-state index in [0.29, 0.717) is 6.07 Å². The van der Waals surface area contributed by atoms with Crippen LogP contribution >= 0.6 is 11.6 Å². The smallest absolute Gasteiger partial charge is 0.416 e. The number of hydrogen-bond donors (Lipinski definition) is 0. The van der Waals surface area contributed by atoms with Crippen LogP contribution < -0.4 is 4.74 Å². The minimum atomic E-state index is -4.58. The average molecular weight is 472 g/mol. The summed E-state index contributed by atoms with van der Waals surface area (Å²) in [7, 11) is 1.18. The summed E-state index contributed by atoms with van der Waals surface area (Å²) in [4.78, 5) is 23.3. The number of alkyl halides is 3. The van der Waals surface area contributed by atoms with Crippen molar-refractivity contribution in [3.05, 3.63) is 57.1 Å². The van der Waals surface area contributed by atoms with Crippen LogP contribution in [0.15, 0.2) is 36.4 Å². The summed E-state index contributed by atoms with van der Waals surface area (Å²) in [5, 5.41) is 22.5. The molecule has 0 aliphatic rings. The lowest BCUT2D eigenvalue weighted by molar-refractivity contribution is -0.384. The molecule has 1 heterocycles. The zero-order valence-corrected chi connectivity index (χ0v) is 17.1. The van der Waals surface area contributed by atoms with Gasteiger partial charge in [0, 0.05) is 6.07 Å². The molecule has 1 aromatic heterocycles. The number of rotatable bonds is 6. The Morgan fingerprint density at radius 1 is 1.25 bits per heavy atom. The SMILES string of the molecule is COC(=O)C(C)n1nnc(-c2cc(Oc3ccc(C(F)(F)F)cc3Cl)ccc2[N+](=O)[O-])n1. The van der Waals surface area contributed by atoms with Crippen molar-refractivity contribution in [1.82, 2.24) is 20.2 Å². The summed E-state index contributed by atoms with van der Waals surface area (Å²) < 4.78 is 48.5. The van der Waals surface area contributed by atoms with Crippen molar-refractivity contribution in [2.24, 2.45) is 0 Å². The van der Waals surface area contributed by atoms with Crippen LogP contribution in [0.2, 0.25) is 5.02 Å². The predicted octanol–water partition coefficient (Wildman–Crippen LogP) is 4.45. The highest BCUT2D eigenvalue weighted by Crippen LogP contribution is 2.38. The Hall–Kier alpha value is -3.74. The molecule has 10 nitrogen and oxygen atoms in total. The molecule has 3 aromatic rings. The molecule has 32 heavy (non-hydrogen) atoms. The number of methoxy groups -OCH3 is 1. The lowest BCUT2D eigenvalue weighted by atomic mass is 10.1. The third-order valence-corrected chi connectivity index (χ3v) is 4.50. The Morgan fingerprint density at radius 3 is 2.56 bits per heavy atom. The van der Waals surface area contributed by atoms with Gasteiger partial charge in [-0.3, -0.25) is 10.1 Å². The highest BCUT2D eigenvalue weighted by molar-refractivity contribution is 6.32. The van der Waals surface area contributed by atoms with Crippen molar-refractivity contribution in [2.45, 2.75) is 19.1 Å². The van der Waals surface area contributed by atoms with E-state index in [0.717, 1.165) is 23.0 Å². The summed E-state index contributed by atoms with van der Waals surface area (Å²) in [6.45, 7) is 1.44. The van der Waals surface area contributed by atoms with E-state index in [1.807, 2.05) is 0 Å². The van der Waals surface area contributed by atoms with E-state index in [4.69, 9.17) is 16.3 Å². The standard InChI is InChI=1S/C18H13ClF3N5O5/c1-9(17(28)31-2)26-24-16(23-25-26)12-8-11(4-5-14(12)27(29)30)32-15-6-3-10(7-13(15)19)18(20,21)22/h3-9H,1-2H3. The monoisotopic (exact) mass is 471 g/mol. The molecule has 0 fully saturated rings. The molecule has 0 N–H and O–H groups in total. The van der Waals surface area contributed by atoms with Gasteiger partial charge in [0.15, 0.2) is 6.04 Å². The lowest BCUT2D eigenvalue weighted by Crippen LogP contribution is -2.20. The molecule has 14 heteroatoms. The maximum atomic E-state index is 12.8. The first-order chi connectivity index (χ1) is 15.0. The number of nitrogens with zero attached hydrogens (tertiary/aromatic N) is 5. The fourth-order valence-corrected chi connectivity index (χ4v) is 2.78. The minimum absolute atomic E-state index is 0.0182. The number of nitro groups is 1. The van der Waals surface area contributed by atoms with Crippen molar-refractivity contribution >= 4 is 23.3 Å². The fourth-order valence-electron chi connectivity index (χ4n) is 2.57. The highest BCUT2D eigenvalue weighted by Gasteiger charge is 2.31. The molecule has 0 spiro atoms. The Balaban J connectivity index is 1.97. The van der Waals surface area contributed by atoms with Crippen LogP contribution in [0.5, 0.6) is 11.5 Å². The van der Waals surface area contributed by atoms with Gasteiger partial charge in [0.05, 0.1) is 22.6 Å². The molecule has 168 valence electrons. The number of hydrogen-bond acceptors (Lipinski definition) is 8. The number of halogens is 4. The van der Waals surface area contributed by atoms with Crippen LogP contribution in [0.4, 0.5) is 18.9 Å². The predicted molar refractivity (Wildman–Crippen MR) is 103 cm³/mol. The average Bonchev–Trinajstić information content (AvgIpc) is 3.23. The molecule has 3 rings (SSSR count). The van der Waals surface area contributed by atoms with Crippen LogP contribution in [-0.2, 0) is 15.7 Å². The van der Waals surface area contributed by atoms with E-state index in [1.165, 1.54) is 26.2 Å². The van der Waals surface area contributed by atoms with Gasteiger partial charge < -0.3 is 9.47 Å². The molecule has 0 saturated carbocycles. The van der Waals surface area contributed by atoms with Crippen molar-refractivity contribution in [3.8, 4) is 22.9 Å². The van der Waals surface area contributed by atoms with Gasteiger partial charge in [-0.05, 0) is 42.5 Å². The van der Waals surface area contributed by atoms with Gasteiger partial charge in [-0.1, -0.05) is 11.6 Å². The van der Waals surface area contributed by atoms with Gasteiger partial charge in [-0.15, -0.1) is 15.0 Å². The number of nitro benzene ring substituents is 1. The molecule has 2 aromatic carbocycles. The van der Waals surface area contributed by atoms with Gasteiger partial charge >= 0.3 is 12.1 Å². The normalized spacial score (nSPS) is 12.3. The topological polar surface area (TPSA) is 122 Å². The molecular formula is C18H13ClF3N5O5. The summed E-state index contributed by atoms with van der Waals surface area (Å²) in [5.74, 6) is -0.922. The first-order valence-corrected chi connectivity index (χ1v) is 9.09. The second kappa shape index (κ2) is 8.78. The molecule has 0 aliphatic heterocycles. The minimum Gasteiger partial charge on any atom is -0.467 e. The molecule has 0 radical (unpaired) electrons. The highest BCUT2D eigenvalue weighted by atomic mass is 35.5. The van der Waals surface area contributed by atoms with Crippen LogP contribution in [0, 0.1) is 10.1 Å². The number of esters is 1. The molecule has 0 bridgehead atoms. The Kier molecular flexibility index (Phi) is 6.30. The number of carbonyl (C=O) groups is 1. The molecule has 0 amide bonds. The molecule has 0 aliphatic carbocycles. The zero-order chi connectivity index (χ0) is 23.6. The summed E-state index contributed by atoms with van der Waals surface area (Å²) >= 11 is 5.89. The Morgan fingerprint density at radius 2 is 1.97 bits per heavy atom. The van der Waals surface area contributed by atoms with Crippen LogP contribution in [0.25, 0.3) is 11.4 Å². The largest absolute Gasteiger partial charge is 0.467 e. The first-order valence-electron chi connectivity index (χ1n) is 8.72. The fraction of sp³-hybridized carbons (Fsp3) is 0.222. The quantitative estimate of drug-likeness (QED) is 0.293. The van der Waals surface area contributed by atoms with Gasteiger partial charge in [0.1, 0.15) is 17.1 Å². The maximum absolute atomic E-state index is 12.8. The number of ether oxygens (including phenoxy) is 2. The van der Waals surface area contributed by atoms with Crippen molar-refractivity contribution < 1.29 is 32.4 Å². The number of aromatic nitrogens is 4. The second-order valence-corrected chi connectivity index (χ2v) is 6.72. The third-order valence-electron chi connectivity index (χ3n) is 4.21. The zero-order valence-electron chi connectivity index (χ0n) is 16.3. The van der Waals surface area contributed by atoms with Crippen LogP contribution in [-0.4, -0.2) is 38.2 Å². The summed E-state index contributed by atoms with van der Waals surface area (Å²) in [6, 6.07) is 5.12. The van der Waals surface area contributed by atoms with Crippen molar-refractivity contribution in [1.29, 1.82) is 0 Å². The van der Waals surface area contributed by atoms with Crippen LogP contribution in [0.1, 0.15) is 18.5 Å². The van der Waals surface area contributed by atoms with Crippen LogP contribution in [0.3, 0.4) is 0 Å². The summed E-state index contributed by atoms with van der Waals surface area (Å²) in [5.41, 5.74) is -1.44. The van der Waals surface area contributed by atoms with Gasteiger partial charge in [0.2, 0.25) is 5.82 Å². The summed E-state index contributed by atoms with van der Waals surface area (Å²) in [6.07, 6.45) is -4.58. The van der Waals surface area contributed by atoms with Crippen molar-refractivity contribution in [2.75, 3.05) is 7.11 Å². The second-order valence-electron chi connectivity index (χ2n) is 6.31. The van der Waals surface area contributed by atoms with E-state index in [9.17, 15) is 28.1 Å². The number of benzene rings is 2. The maximum Gasteiger partial charge on any atom is 0.416 e. The Bertz CT molecular complexity index is 1180. The molecule has 1 atom stereocenters. The van der Waals surface area contributed by atoms with Gasteiger partial charge in [0.25, 0.3) is 5.69 Å². The number of tetrazole rings is 1. The third kappa shape index (κ3) is 4.77. The van der Waals surface area contributed by atoms with E-state index in [1.54, 1.807) is 0 Å². The van der Waals surface area contributed by atoms with E-state index in [-0.39, 0.29) is 33.6 Å². The van der Waals surface area contributed by atoms with E-state index >= 15 is 0 Å². The first kappa shape index (κ1) is 22.9. The molecule has 0 saturated heterocycles. The Labute approximate surface area is 182 Å². The molecular weight excluding hydrogens is 459 g/mol. The van der Waals surface area contributed by atoms with E-state index < -0.39 is 28.7 Å².